The number of hydrogen-bond acceptors (Lipinski definition) is 5. The number of furan rings is 1. The van der Waals surface area contributed by atoms with Crippen LogP contribution >= 0.6 is 0 Å². The second-order valence-electron chi connectivity index (χ2n) is 8.64. The van der Waals surface area contributed by atoms with Crippen LogP contribution in [-0.4, -0.2) is 49.2 Å². The zero-order valence-electron chi connectivity index (χ0n) is 18.8. The molecule has 2 aromatic carbocycles. The number of benzene rings is 2. The Labute approximate surface area is 191 Å². The largest absolute Gasteiger partial charge is 0.455 e. The van der Waals surface area contributed by atoms with Crippen molar-refractivity contribution >= 4 is 26.7 Å². The first-order chi connectivity index (χ1) is 15.6. The van der Waals surface area contributed by atoms with Crippen molar-refractivity contribution in [1.82, 2.24) is 14.9 Å². The van der Waals surface area contributed by atoms with Crippen LogP contribution in [0.25, 0.3) is 33.7 Å². The van der Waals surface area contributed by atoms with Crippen LogP contribution in [-0.2, 0) is 10.0 Å². The predicted octanol–water partition coefficient (Wildman–Crippen LogP) is 4.79. The summed E-state index contributed by atoms with van der Waals surface area (Å²) in [6.45, 7) is 4.43. The maximum absolute atomic E-state index is 13.6. The lowest BCUT2D eigenvalue weighted by Gasteiger charge is -2.28. The number of anilines is 1. The summed E-state index contributed by atoms with van der Waals surface area (Å²) in [5, 5.41) is 0.811. The number of rotatable bonds is 3. The lowest BCUT2D eigenvalue weighted by Crippen LogP contribution is -2.40. The fourth-order valence-corrected chi connectivity index (χ4v) is 5.53. The standard InChI is InChI=1S/C24H25FN4O3S/c1-14-13-29(33(4,30)31)20-12-21-19(11-18(20)15(2)28(14)3)22(24-26-9-10-27-24)23(32-21)16-5-7-17(25)8-6-16/h5-12,14-15H,13H2,1-4H3,(H,26,27). The van der Waals surface area contributed by atoms with Crippen molar-refractivity contribution in [3.05, 3.63) is 60.2 Å². The Morgan fingerprint density at radius 1 is 1.18 bits per heavy atom. The van der Waals surface area contributed by atoms with E-state index in [1.807, 2.05) is 20.0 Å². The van der Waals surface area contributed by atoms with Crippen LogP contribution in [0.1, 0.15) is 25.5 Å². The van der Waals surface area contributed by atoms with Crippen molar-refractivity contribution in [2.75, 3.05) is 24.2 Å². The fourth-order valence-electron chi connectivity index (χ4n) is 4.52. The third-order valence-electron chi connectivity index (χ3n) is 6.53. The quantitative estimate of drug-likeness (QED) is 0.468. The number of imidazole rings is 1. The summed E-state index contributed by atoms with van der Waals surface area (Å²) >= 11 is 0. The molecule has 4 aromatic rings. The monoisotopic (exact) mass is 468 g/mol. The van der Waals surface area contributed by atoms with Crippen molar-refractivity contribution in [3.8, 4) is 22.7 Å². The highest BCUT2D eigenvalue weighted by Gasteiger charge is 2.34. The topological polar surface area (TPSA) is 82.4 Å². The number of hydrogen-bond donors (Lipinski definition) is 1. The second-order valence-corrected chi connectivity index (χ2v) is 10.5. The molecule has 1 aliphatic rings. The van der Waals surface area contributed by atoms with Gasteiger partial charge in [0.1, 0.15) is 23.0 Å². The highest BCUT2D eigenvalue weighted by Crippen LogP contribution is 2.45. The molecule has 0 bridgehead atoms. The summed E-state index contributed by atoms with van der Waals surface area (Å²) < 4.78 is 46.8. The van der Waals surface area contributed by atoms with E-state index in [0.29, 0.717) is 35.0 Å². The van der Waals surface area contributed by atoms with Gasteiger partial charge in [-0.15, -0.1) is 0 Å². The van der Waals surface area contributed by atoms with Crippen molar-refractivity contribution in [2.24, 2.45) is 0 Å². The van der Waals surface area contributed by atoms with Gasteiger partial charge in [-0.2, -0.15) is 0 Å². The smallest absolute Gasteiger partial charge is 0.232 e. The van der Waals surface area contributed by atoms with E-state index >= 15 is 0 Å². The maximum atomic E-state index is 13.6. The summed E-state index contributed by atoms with van der Waals surface area (Å²) in [6.07, 6.45) is 4.62. The van der Waals surface area contributed by atoms with Crippen LogP contribution in [0.5, 0.6) is 0 Å². The normalized spacial score (nSPS) is 19.6. The van der Waals surface area contributed by atoms with Gasteiger partial charge in [-0.3, -0.25) is 9.21 Å². The number of fused-ring (bicyclic) bond motifs is 2. The molecule has 5 rings (SSSR count). The van der Waals surface area contributed by atoms with Crippen LogP contribution in [0.2, 0.25) is 0 Å². The molecule has 2 aromatic heterocycles. The van der Waals surface area contributed by atoms with Crippen molar-refractivity contribution in [2.45, 2.75) is 25.9 Å². The first kappa shape index (κ1) is 21.7. The Balaban J connectivity index is 1.83. The Hall–Kier alpha value is -3.17. The molecule has 33 heavy (non-hydrogen) atoms. The molecule has 3 heterocycles. The summed E-state index contributed by atoms with van der Waals surface area (Å²) in [5.74, 6) is 0.826. The summed E-state index contributed by atoms with van der Waals surface area (Å²) in [4.78, 5) is 9.75. The SMILES string of the molecule is CC1CN(S(C)(=O)=O)c2cc3oc(-c4ccc(F)cc4)c(-c4ncc[nH]4)c3cc2C(C)N1C. The molecule has 172 valence electrons. The molecule has 0 radical (unpaired) electrons. The van der Waals surface area contributed by atoms with Crippen LogP contribution in [0.15, 0.2) is 53.2 Å². The first-order valence-electron chi connectivity index (χ1n) is 10.7. The number of nitrogens with zero attached hydrogens (tertiary/aromatic N) is 3. The molecule has 0 amide bonds. The molecule has 2 unspecified atom stereocenters. The number of sulfonamides is 1. The van der Waals surface area contributed by atoms with E-state index in [4.69, 9.17) is 4.42 Å². The minimum absolute atomic E-state index is 0.0211. The molecule has 9 heteroatoms. The summed E-state index contributed by atoms with van der Waals surface area (Å²) in [6, 6.07) is 9.87. The van der Waals surface area contributed by atoms with Gasteiger partial charge in [-0.1, -0.05) is 0 Å². The van der Waals surface area contributed by atoms with Gasteiger partial charge in [-0.25, -0.2) is 17.8 Å². The molecule has 2 atom stereocenters. The summed E-state index contributed by atoms with van der Waals surface area (Å²) in [7, 11) is -1.51. The Morgan fingerprint density at radius 3 is 2.55 bits per heavy atom. The number of H-pyrrole nitrogens is 1. The van der Waals surface area contributed by atoms with Crippen molar-refractivity contribution in [1.29, 1.82) is 0 Å². The number of aromatic nitrogens is 2. The van der Waals surface area contributed by atoms with E-state index in [1.54, 1.807) is 30.6 Å². The third-order valence-corrected chi connectivity index (χ3v) is 7.68. The second kappa shape index (κ2) is 7.71. The Bertz CT molecular complexity index is 1430. The van der Waals surface area contributed by atoms with Gasteiger partial charge >= 0.3 is 0 Å². The number of aromatic amines is 1. The lowest BCUT2D eigenvalue weighted by atomic mass is 9.99. The third kappa shape index (κ3) is 3.61. The molecule has 0 saturated carbocycles. The van der Waals surface area contributed by atoms with Gasteiger partial charge in [0.2, 0.25) is 10.0 Å². The van der Waals surface area contributed by atoms with Gasteiger partial charge in [0.25, 0.3) is 0 Å². The molecule has 0 saturated heterocycles. The maximum Gasteiger partial charge on any atom is 0.232 e. The van der Waals surface area contributed by atoms with Crippen LogP contribution in [0.4, 0.5) is 10.1 Å². The zero-order valence-corrected chi connectivity index (χ0v) is 19.6. The molecule has 7 nitrogen and oxygen atoms in total. The number of halogens is 1. The van der Waals surface area contributed by atoms with Gasteiger partial charge in [0.05, 0.1) is 17.5 Å². The van der Waals surface area contributed by atoms with Crippen LogP contribution < -0.4 is 4.31 Å². The number of nitrogens with one attached hydrogen (secondary N) is 1. The molecular formula is C24H25FN4O3S. The lowest BCUT2D eigenvalue weighted by molar-refractivity contribution is 0.209. The highest BCUT2D eigenvalue weighted by molar-refractivity contribution is 7.92. The van der Waals surface area contributed by atoms with E-state index in [9.17, 15) is 12.8 Å². The van der Waals surface area contributed by atoms with Crippen molar-refractivity contribution in [3.63, 3.8) is 0 Å². The van der Waals surface area contributed by atoms with Crippen LogP contribution in [0.3, 0.4) is 0 Å². The van der Waals surface area contributed by atoms with E-state index in [0.717, 1.165) is 16.5 Å². The van der Waals surface area contributed by atoms with Gasteiger partial charge in [0, 0.05) is 48.0 Å². The molecule has 1 aliphatic heterocycles. The zero-order chi connectivity index (χ0) is 23.5. The molecule has 0 fully saturated rings. The fraction of sp³-hybridized carbons (Fsp3) is 0.292. The van der Waals surface area contributed by atoms with Gasteiger partial charge < -0.3 is 9.40 Å². The highest BCUT2D eigenvalue weighted by atomic mass is 32.2. The predicted molar refractivity (Wildman–Crippen MR) is 127 cm³/mol. The molecule has 1 N–H and O–H groups in total. The van der Waals surface area contributed by atoms with Gasteiger partial charge in [-0.05, 0) is 56.8 Å². The van der Waals surface area contributed by atoms with Gasteiger partial charge in [0.15, 0.2) is 0 Å². The first-order valence-corrected chi connectivity index (χ1v) is 12.6. The summed E-state index contributed by atoms with van der Waals surface area (Å²) in [5.41, 5.74) is 3.49. The number of likely N-dealkylation sites (N-methyl/N-ethyl adjacent to an activating group) is 1. The Morgan fingerprint density at radius 2 is 1.91 bits per heavy atom. The van der Waals surface area contributed by atoms with E-state index in [1.165, 1.54) is 22.7 Å². The average Bonchev–Trinajstić information content (AvgIpc) is 3.40. The van der Waals surface area contributed by atoms with E-state index < -0.39 is 10.0 Å². The van der Waals surface area contributed by atoms with E-state index in [2.05, 4.69) is 21.8 Å². The molecular weight excluding hydrogens is 443 g/mol. The minimum atomic E-state index is -3.51. The van der Waals surface area contributed by atoms with Crippen LogP contribution in [0, 0.1) is 5.82 Å². The minimum Gasteiger partial charge on any atom is -0.455 e. The molecule has 0 spiro atoms. The van der Waals surface area contributed by atoms with E-state index in [-0.39, 0.29) is 17.9 Å². The average molecular weight is 469 g/mol. The molecule has 0 aliphatic carbocycles. The Kier molecular flexibility index (Phi) is 5.06. The van der Waals surface area contributed by atoms with Crippen molar-refractivity contribution < 1.29 is 17.2 Å².